The number of carbonyl (C=O) groups is 3. The molecule has 0 atom stereocenters. The minimum atomic E-state index is -0.203. The van der Waals surface area contributed by atoms with E-state index in [1.165, 1.54) is 30.0 Å². The van der Waals surface area contributed by atoms with Crippen LogP contribution in [0.1, 0.15) is 49.1 Å². The molecule has 0 aliphatic carbocycles. The average Bonchev–Trinajstić information content (AvgIpc) is 3.12. The Morgan fingerprint density at radius 2 is 2.06 bits per heavy atom. The van der Waals surface area contributed by atoms with Crippen molar-refractivity contribution in [1.82, 2.24) is 4.90 Å². The van der Waals surface area contributed by atoms with Crippen LogP contribution >= 0.6 is 23.1 Å². The van der Waals surface area contributed by atoms with E-state index in [1.54, 1.807) is 4.90 Å². The van der Waals surface area contributed by atoms with Crippen LogP contribution in [0.2, 0.25) is 0 Å². The summed E-state index contributed by atoms with van der Waals surface area (Å²) < 4.78 is 0. The van der Waals surface area contributed by atoms with Gasteiger partial charge in [0.05, 0.1) is 17.9 Å². The van der Waals surface area contributed by atoms with E-state index in [0.29, 0.717) is 42.2 Å². The standard InChI is InChI=1S/C23H26N4O3S2/c1-3-4-8-21(29)25-16-6-5-7-17(11-16)31-14-22(30)26-23-19(12-24)18-9-10-27(15(2)28)13-20(18)32-23/h5-7,11H,3-4,8-10,13-14H2,1-2H3,(H,25,29)(H,26,30). The summed E-state index contributed by atoms with van der Waals surface area (Å²) in [5, 5.41) is 15.9. The van der Waals surface area contributed by atoms with E-state index >= 15 is 0 Å². The molecule has 0 spiro atoms. The number of hydrogen-bond donors (Lipinski definition) is 2. The fraction of sp³-hybridized carbons (Fsp3) is 0.391. The van der Waals surface area contributed by atoms with Gasteiger partial charge in [-0.3, -0.25) is 14.4 Å². The Morgan fingerprint density at radius 1 is 1.25 bits per heavy atom. The van der Waals surface area contributed by atoms with Gasteiger partial charge in [-0.05, 0) is 36.6 Å². The quantitative estimate of drug-likeness (QED) is 0.557. The lowest BCUT2D eigenvalue weighted by Gasteiger charge is -2.25. The molecular formula is C23H26N4O3S2. The highest BCUT2D eigenvalue weighted by Gasteiger charge is 2.26. The van der Waals surface area contributed by atoms with E-state index in [-0.39, 0.29) is 23.5 Å². The molecule has 7 nitrogen and oxygen atoms in total. The zero-order chi connectivity index (χ0) is 23.1. The summed E-state index contributed by atoms with van der Waals surface area (Å²) in [4.78, 5) is 39.7. The number of rotatable bonds is 8. The smallest absolute Gasteiger partial charge is 0.235 e. The normalized spacial score (nSPS) is 12.6. The van der Waals surface area contributed by atoms with Gasteiger partial charge in [0.1, 0.15) is 11.1 Å². The second kappa shape index (κ2) is 11.2. The zero-order valence-corrected chi connectivity index (χ0v) is 19.8. The highest BCUT2D eigenvalue weighted by molar-refractivity contribution is 8.00. The minimum Gasteiger partial charge on any atom is -0.337 e. The number of nitrogens with zero attached hydrogens (tertiary/aromatic N) is 2. The molecule has 2 aromatic rings. The monoisotopic (exact) mass is 470 g/mol. The lowest BCUT2D eigenvalue weighted by Crippen LogP contribution is -2.33. The third-order valence-corrected chi connectivity index (χ3v) is 7.24. The number of unbranched alkanes of at least 4 members (excludes halogenated alkanes) is 1. The van der Waals surface area contributed by atoms with E-state index < -0.39 is 0 Å². The minimum absolute atomic E-state index is 0.00771. The lowest BCUT2D eigenvalue weighted by molar-refractivity contribution is -0.129. The first-order chi connectivity index (χ1) is 15.4. The molecule has 168 valence electrons. The van der Waals surface area contributed by atoms with Gasteiger partial charge in [0.15, 0.2) is 0 Å². The molecular weight excluding hydrogens is 444 g/mol. The van der Waals surface area contributed by atoms with Crippen molar-refractivity contribution in [3.8, 4) is 6.07 Å². The van der Waals surface area contributed by atoms with Gasteiger partial charge in [0.2, 0.25) is 17.7 Å². The number of hydrogen-bond acceptors (Lipinski definition) is 6. The molecule has 1 aromatic carbocycles. The van der Waals surface area contributed by atoms with Gasteiger partial charge in [-0.25, -0.2) is 0 Å². The molecule has 3 amide bonds. The van der Waals surface area contributed by atoms with Gasteiger partial charge in [0.25, 0.3) is 0 Å². The predicted octanol–water partition coefficient (Wildman–Crippen LogP) is 4.38. The van der Waals surface area contributed by atoms with Gasteiger partial charge >= 0.3 is 0 Å². The summed E-state index contributed by atoms with van der Waals surface area (Å²) in [5.74, 6) is -0.0275. The van der Waals surface area contributed by atoms with Crippen molar-refractivity contribution in [1.29, 1.82) is 5.26 Å². The molecule has 0 saturated heterocycles. The molecule has 0 radical (unpaired) electrons. The van der Waals surface area contributed by atoms with Crippen LogP contribution in [0.5, 0.6) is 0 Å². The first-order valence-corrected chi connectivity index (χ1v) is 12.3. The Kier molecular flexibility index (Phi) is 8.31. The highest BCUT2D eigenvalue weighted by atomic mass is 32.2. The van der Waals surface area contributed by atoms with Crippen LogP contribution in [-0.2, 0) is 27.3 Å². The Bertz CT molecular complexity index is 1060. The SMILES string of the molecule is CCCCC(=O)Nc1cccc(SCC(=O)Nc2sc3c(c2C#N)CCN(C(C)=O)C3)c1. The van der Waals surface area contributed by atoms with E-state index in [2.05, 4.69) is 16.7 Å². The highest BCUT2D eigenvalue weighted by Crippen LogP contribution is 2.36. The van der Waals surface area contributed by atoms with Gasteiger partial charge < -0.3 is 15.5 Å². The number of thioether (sulfide) groups is 1. The summed E-state index contributed by atoms with van der Waals surface area (Å²) in [6, 6.07) is 9.62. The average molecular weight is 471 g/mol. The number of nitriles is 1. The molecule has 0 bridgehead atoms. The summed E-state index contributed by atoms with van der Waals surface area (Å²) in [5.41, 5.74) is 2.15. The molecule has 32 heavy (non-hydrogen) atoms. The Balaban J connectivity index is 1.59. The van der Waals surface area contributed by atoms with Gasteiger partial charge in [-0.2, -0.15) is 5.26 Å². The van der Waals surface area contributed by atoms with Crippen LogP contribution in [0.15, 0.2) is 29.2 Å². The summed E-state index contributed by atoms with van der Waals surface area (Å²) >= 11 is 2.73. The number of thiophene rings is 1. The Labute approximate surface area is 196 Å². The van der Waals surface area contributed by atoms with E-state index in [1.807, 2.05) is 31.2 Å². The number of fused-ring (bicyclic) bond motifs is 1. The first kappa shape index (κ1) is 23.8. The second-order valence-corrected chi connectivity index (χ2v) is 9.68. The molecule has 0 saturated carbocycles. The second-order valence-electron chi connectivity index (χ2n) is 7.53. The van der Waals surface area contributed by atoms with E-state index in [0.717, 1.165) is 28.2 Å². The fourth-order valence-corrected chi connectivity index (χ4v) is 5.40. The number of carbonyl (C=O) groups excluding carboxylic acids is 3. The van der Waals surface area contributed by atoms with E-state index in [9.17, 15) is 19.6 Å². The lowest BCUT2D eigenvalue weighted by atomic mass is 10.0. The fourth-order valence-electron chi connectivity index (χ4n) is 3.41. The van der Waals surface area contributed by atoms with Crippen LogP contribution in [0.25, 0.3) is 0 Å². The summed E-state index contributed by atoms with van der Waals surface area (Å²) in [6.07, 6.45) is 2.93. The van der Waals surface area contributed by atoms with Crippen LogP contribution in [0, 0.1) is 11.3 Å². The molecule has 1 aromatic heterocycles. The first-order valence-electron chi connectivity index (χ1n) is 10.5. The summed E-state index contributed by atoms with van der Waals surface area (Å²) in [6.45, 7) is 4.64. The van der Waals surface area contributed by atoms with Crippen LogP contribution in [0.4, 0.5) is 10.7 Å². The maximum absolute atomic E-state index is 12.6. The molecule has 2 N–H and O–H groups in total. The third-order valence-electron chi connectivity index (χ3n) is 5.11. The molecule has 3 rings (SSSR count). The molecule has 1 aliphatic heterocycles. The maximum Gasteiger partial charge on any atom is 0.235 e. The van der Waals surface area contributed by atoms with Crippen molar-refractivity contribution in [3.05, 3.63) is 40.3 Å². The summed E-state index contributed by atoms with van der Waals surface area (Å²) in [7, 11) is 0. The Morgan fingerprint density at radius 3 is 2.78 bits per heavy atom. The van der Waals surface area contributed by atoms with Crippen molar-refractivity contribution in [2.24, 2.45) is 0 Å². The van der Waals surface area contributed by atoms with Gasteiger partial charge in [0, 0.05) is 35.3 Å². The van der Waals surface area contributed by atoms with Gasteiger partial charge in [-0.1, -0.05) is 19.4 Å². The predicted molar refractivity (Wildman–Crippen MR) is 128 cm³/mol. The van der Waals surface area contributed by atoms with Crippen LogP contribution < -0.4 is 10.6 Å². The zero-order valence-electron chi connectivity index (χ0n) is 18.2. The van der Waals surface area contributed by atoms with Crippen LogP contribution in [-0.4, -0.2) is 34.9 Å². The van der Waals surface area contributed by atoms with Crippen molar-refractivity contribution in [2.45, 2.75) is 51.0 Å². The number of anilines is 2. The number of benzene rings is 1. The number of nitrogens with one attached hydrogen (secondary N) is 2. The topological polar surface area (TPSA) is 102 Å². The molecule has 2 heterocycles. The largest absolute Gasteiger partial charge is 0.337 e. The Hall–Kier alpha value is -2.83. The van der Waals surface area contributed by atoms with Crippen molar-refractivity contribution in [2.75, 3.05) is 22.9 Å². The van der Waals surface area contributed by atoms with Crippen molar-refractivity contribution >= 4 is 51.5 Å². The van der Waals surface area contributed by atoms with E-state index in [4.69, 9.17) is 0 Å². The molecule has 9 heteroatoms. The third kappa shape index (κ3) is 6.11. The number of amides is 3. The molecule has 0 fully saturated rings. The van der Waals surface area contributed by atoms with Crippen molar-refractivity contribution < 1.29 is 14.4 Å². The van der Waals surface area contributed by atoms with Gasteiger partial charge in [-0.15, -0.1) is 23.1 Å². The van der Waals surface area contributed by atoms with Crippen molar-refractivity contribution in [3.63, 3.8) is 0 Å². The molecule has 1 aliphatic rings. The maximum atomic E-state index is 12.6. The van der Waals surface area contributed by atoms with Crippen LogP contribution in [0.3, 0.4) is 0 Å². The molecule has 0 unspecified atom stereocenters.